The molecule has 1 heterocycles. The van der Waals surface area contributed by atoms with E-state index in [-0.39, 0.29) is 6.61 Å². The van der Waals surface area contributed by atoms with Crippen LogP contribution in [0.3, 0.4) is 0 Å². The fraction of sp³-hybridized carbons (Fsp3) is 0.692. The zero-order valence-electron chi connectivity index (χ0n) is 11.9. The van der Waals surface area contributed by atoms with Crippen molar-refractivity contribution in [3.05, 3.63) is 12.7 Å². The number of alkyl carbamates (subject to hydrolysis) is 1. The number of aliphatic carboxylic acids is 1. The van der Waals surface area contributed by atoms with Gasteiger partial charge in [0.05, 0.1) is 0 Å². The molecule has 0 aromatic heterocycles. The van der Waals surface area contributed by atoms with Gasteiger partial charge < -0.3 is 25.0 Å². The smallest absolute Gasteiger partial charge is 0.408 e. The Bertz CT molecular complexity index is 341. The van der Waals surface area contributed by atoms with Crippen molar-refractivity contribution in [3.63, 3.8) is 0 Å². The van der Waals surface area contributed by atoms with Gasteiger partial charge in [-0.25, -0.2) is 9.59 Å². The summed E-state index contributed by atoms with van der Waals surface area (Å²) in [6, 6.07) is -0.924. The Morgan fingerprint density at radius 3 is 2.60 bits per heavy atom. The van der Waals surface area contributed by atoms with Gasteiger partial charge in [0.25, 0.3) is 0 Å². The van der Waals surface area contributed by atoms with Crippen LogP contribution in [-0.4, -0.2) is 79.4 Å². The number of amides is 1. The summed E-state index contributed by atoms with van der Waals surface area (Å²) in [7, 11) is 2.06. The molecule has 1 amide bonds. The van der Waals surface area contributed by atoms with Crippen molar-refractivity contribution in [2.24, 2.45) is 0 Å². The van der Waals surface area contributed by atoms with Gasteiger partial charge in [0.1, 0.15) is 12.6 Å². The first-order valence-electron chi connectivity index (χ1n) is 6.71. The Labute approximate surface area is 119 Å². The molecule has 7 nitrogen and oxygen atoms in total. The molecule has 0 aromatic rings. The van der Waals surface area contributed by atoms with Gasteiger partial charge in [0.2, 0.25) is 0 Å². The zero-order valence-corrected chi connectivity index (χ0v) is 11.9. The Hall–Kier alpha value is -1.60. The molecule has 0 spiro atoms. The zero-order chi connectivity index (χ0) is 15.0. The highest BCUT2D eigenvalue weighted by Gasteiger charge is 2.22. The number of nitrogens with one attached hydrogen (secondary N) is 1. The summed E-state index contributed by atoms with van der Waals surface area (Å²) in [5, 5.41) is 11.5. The first-order valence-corrected chi connectivity index (χ1v) is 6.71. The molecule has 20 heavy (non-hydrogen) atoms. The first-order chi connectivity index (χ1) is 9.52. The van der Waals surface area contributed by atoms with E-state index in [2.05, 4.69) is 28.7 Å². The molecule has 1 rings (SSSR count). The highest BCUT2D eigenvalue weighted by molar-refractivity contribution is 5.79. The summed E-state index contributed by atoms with van der Waals surface area (Å²) >= 11 is 0. The second kappa shape index (κ2) is 8.55. The largest absolute Gasteiger partial charge is 0.480 e. The highest BCUT2D eigenvalue weighted by Crippen LogP contribution is 2.03. The maximum Gasteiger partial charge on any atom is 0.408 e. The molecule has 0 aliphatic carbocycles. The Kier molecular flexibility index (Phi) is 7.03. The maximum atomic E-state index is 11.3. The fourth-order valence-corrected chi connectivity index (χ4v) is 1.96. The van der Waals surface area contributed by atoms with E-state index in [0.717, 1.165) is 26.2 Å². The van der Waals surface area contributed by atoms with E-state index in [1.807, 2.05) is 0 Å². The number of hydrogen-bond acceptors (Lipinski definition) is 5. The summed E-state index contributed by atoms with van der Waals surface area (Å²) in [5.74, 6) is -1.05. The van der Waals surface area contributed by atoms with Crippen LogP contribution in [-0.2, 0) is 9.53 Å². The number of carboxylic acid groups (broad SMARTS) is 1. The number of nitrogens with zero attached hydrogens (tertiary/aromatic N) is 2. The van der Waals surface area contributed by atoms with Crippen LogP contribution in [0.2, 0.25) is 0 Å². The SMILES string of the molecule is C=CCOC(=O)NC(CCN1CCN(C)CC1)C(=O)O. The lowest BCUT2D eigenvalue weighted by Gasteiger charge is -2.32. The van der Waals surface area contributed by atoms with E-state index >= 15 is 0 Å². The summed E-state index contributed by atoms with van der Waals surface area (Å²) in [6.07, 6.45) is 1.07. The molecule has 1 aliphatic rings. The number of ether oxygens (including phenoxy) is 1. The Balaban J connectivity index is 2.33. The first kappa shape index (κ1) is 16.5. The van der Waals surface area contributed by atoms with Gasteiger partial charge >= 0.3 is 12.1 Å². The van der Waals surface area contributed by atoms with Crippen LogP contribution in [0, 0.1) is 0 Å². The lowest BCUT2D eigenvalue weighted by Crippen LogP contribution is -2.47. The number of rotatable bonds is 7. The molecule has 1 atom stereocenters. The lowest BCUT2D eigenvalue weighted by molar-refractivity contribution is -0.139. The molecular weight excluding hydrogens is 262 g/mol. The van der Waals surface area contributed by atoms with Crippen molar-refractivity contribution in [3.8, 4) is 0 Å². The molecule has 0 saturated carbocycles. The maximum absolute atomic E-state index is 11.3. The molecule has 1 aliphatic heterocycles. The molecule has 0 aromatic carbocycles. The van der Waals surface area contributed by atoms with E-state index in [0.29, 0.717) is 13.0 Å². The molecule has 0 radical (unpaired) electrons. The monoisotopic (exact) mass is 285 g/mol. The second-order valence-corrected chi connectivity index (χ2v) is 4.86. The summed E-state index contributed by atoms with van der Waals surface area (Å²) in [4.78, 5) is 26.9. The average molecular weight is 285 g/mol. The summed E-state index contributed by atoms with van der Waals surface area (Å²) in [5.41, 5.74) is 0. The van der Waals surface area contributed by atoms with Crippen LogP contribution >= 0.6 is 0 Å². The minimum absolute atomic E-state index is 0.0661. The van der Waals surface area contributed by atoms with Crippen molar-refractivity contribution < 1.29 is 19.4 Å². The molecule has 1 unspecified atom stereocenters. The van der Waals surface area contributed by atoms with Gasteiger partial charge in [-0.3, -0.25) is 0 Å². The summed E-state index contributed by atoms with van der Waals surface area (Å²) < 4.78 is 4.73. The van der Waals surface area contributed by atoms with Crippen molar-refractivity contribution in [1.29, 1.82) is 0 Å². The third kappa shape index (κ3) is 6.03. The number of piperazine rings is 1. The van der Waals surface area contributed by atoms with Gasteiger partial charge in [-0.2, -0.15) is 0 Å². The molecule has 7 heteroatoms. The molecule has 0 bridgehead atoms. The van der Waals surface area contributed by atoms with E-state index in [4.69, 9.17) is 9.84 Å². The van der Waals surface area contributed by atoms with Gasteiger partial charge in [-0.15, -0.1) is 0 Å². The van der Waals surface area contributed by atoms with Crippen LogP contribution in [0.25, 0.3) is 0 Å². The number of carbonyl (C=O) groups excluding carboxylic acids is 1. The van der Waals surface area contributed by atoms with Crippen molar-refractivity contribution in [2.75, 3.05) is 46.4 Å². The van der Waals surface area contributed by atoms with Crippen LogP contribution < -0.4 is 5.32 Å². The fourth-order valence-electron chi connectivity index (χ4n) is 1.96. The predicted molar refractivity (Wildman–Crippen MR) is 74.7 cm³/mol. The number of likely N-dealkylation sites (N-methyl/N-ethyl adjacent to an activating group) is 1. The highest BCUT2D eigenvalue weighted by atomic mass is 16.5. The van der Waals surface area contributed by atoms with Crippen LogP contribution in [0.15, 0.2) is 12.7 Å². The standard InChI is InChI=1S/C13H23N3O4/c1-3-10-20-13(19)14-11(12(17)18)4-5-16-8-6-15(2)7-9-16/h3,11H,1,4-10H2,2H3,(H,14,19)(H,17,18). The van der Waals surface area contributed by atoms with Gasteiger partial charge in [0.15, 0.2) is 0 Å². The molecular formula is C13H23N3O4. The van der Waals surface area contributed by atoms with Gasteiger partial charge in [-0.05, 0) is 13.5 Å². The number of carbonyl (C=O) groups is 2. The van der Waals surface area contributed by atoms with Gasteiger partial charge in [0, 0.05) is 32.7 Å². The number of carboxylic acids is 1. The van der Waals surface area contributed by atoms with Crippen molar-refractivity contribution in [2.45, 2.75) is 12.5 Å². The van der Waals surface area contributed by atoms with Crippen LogP contribution in [0.1, 0.15) is 6.42 Å². The van der Waals surface area contributed by atoms with Crippen molar-refractivity contribution in [1.82, 2.24) is 15.1 Å². The van der Waals surface area contributed by atoms with Gasteiger partial charge in [-0.1, -0.05) is 12.7 Å². The van der Waals surface area contributed by atoms with Crippen LogP contribution in [0.5, 0.6) is 0 Å². The third-order valence-corrected chi connectivity index (χ3v) is 3.25. The van der Waals surface area contributed by atoms with Crippen LogP contribution in [0.4, 0.5) is 4.79 Å². The van der Waals surface area contributed by atoms with E-state index in [1.165, 1.54) is 6.08 Å². The minimum Gasteiger partial charge on any atom is -0.480 e. The van der Waals surface area contributed by atoms with E-state index < -0.39 is 18.1 Å². The molecule has 2 N–H and O–H groups in total. The number of hydrogen-bond donors (Lipinski definition) is 2. The van der Waals surface area contributed by atoms with E-state index in [9.17, 15) is 9.59 Å². The normalized spacial score (nSPS) is 18.2. The predicted octanol–water partition coefficient (Wildman–Crippen LogP) is -0.0107. The quantitative estimate of drug-likeness (QED) is 0.640. The van der Waals surface area contributed by atoms with Crippen molar-refractivity contribution >= 4 is 12.1 Å². The Morgan fingerprint density at radius 2 is 2.05 bits per heavy atom. The average Bonchev–Trinajstić information content (AvgIpc) is 2.42. The molecule has 114 valence electrons. The third-order valence-electron chi connectivity index (χ3n) is 3.25. The molecule has 1 saturated heterocycles. The Morgan fingerprint density at radius 1 is 1.40 bits per heavy atom. The topological polar surface area (TPSA) is 82.1 Å². The van der Waals surface area contributed by atoms with E-state index in [1.54, 1.807) is 0 Å². The second-order valence-electron chi connectivity index (χ2n) is 4.86. The summed E-state index contributed by atoms with van der Waals surface area (Å²) in [6.45, 7) is 7.93. The lowest BCUT2D eigenvalue weighted by atomic mass is 10.2. The molecule has 1 fully saturated rings. The minimum atomic E-state index is -1.05.